The van der Waals surface area contributed by atoms with E-state index in [1.807, 2.05) is 0 Å². The quantitative estimate of drug-likeness (QED) is 0.474. The molecule has 1 saturated heterocycles. The molecule has 0 radical (unpaired) electrons. The monoisotopic (exact) mass is 144 g/mol. The molecule has 0 N–H and O–H groups in total. The second kappa shape index (κ2) is 2.43. The minimum Gasteiger partial charge on any atom is -0.417 e. The van der Waals surface area contributed by atoms with E-state index in [1.165, 1.54) is 12.5 Å². The van der Waals surface area contributed by atoms with Crippen molar-refractivity contribution in [3.63, 3.8) is 0 Å². The summed E-state index contributed by atoms with van der Waals surface area (Å²) in [4.78, 5) is 0. The Labute approximate surface area is 58.5 Å². The predicted octanol–water partition coefficient (Wildman–Crippen LogP) is 2.25. The molecule has 9 heavy (non-hydrogen) atoms. The van der Waals surface area contributed by atoms with Gasteiger partial charge in [0.1, 0.15) is 0 Å². The Morgan fingerprint density at radius 1 is 1.44 bits per heavy atom. The van der Waals surface area contributed by atoms with Gasteiger partial charge in [-0.1, -0.05) is 6.92 Å². The zero-order chi connectivity index (χ0) is 6.91. The van der Waals surface area contributed by atoms with Crippen LogP contribution in [-0.4, -0.2) is 14.9 Å². The van der Waals surface area contributed by atoms with Crippen molar-refractivity contribution in [2.75, 3.05) is 6.61 Å². The van der Waals surface area contributed by atoms with Gasteiger partial charge in [-0.25, -0.2) is 0 Å². The first-order chi connectivity index (χ1) is 4.10. The highest BCUT2D eigenvalue weighted by molar-refractivity contribution is 6.71. The van der Waals surface area contributed by atoms with Crippen LogP contribution in [-0.2, 0) is 4.43 Å². The second-order valence-corrected chi connectivity index (χ2v) is 7.92. The molecule has 1 unspecified atom stereocenters. The van der Waals surface area contributed by atoms with Gasteiger partial charge in [-0.05, 0) is 31.5 Å². The third-order valence-electron chi connectivity index (χ3n) is 1.94. The van der Waals surface area contributed by atoms with Crippen LogP contribution in [0.15, 0.2) is 0 Å². The molecule has 0 aromatic rings. The molecule has 0 spiro atoms. The third kappa shape index (κ3) is 2.10. The molecule has 2 heteroatoms. The molecule has 1 heterocycles. The van der Waals surface area contributed by atoms with Crippen LogP contribution >= 0.6 is 0 Å². The summed E-state index contributed by atoms with van der Waals surface area (Å²) in [5, 5.41) is 0. The van der Waals surface area contributed by atoms with Gasteiger partial charge in [0, 0.05) is 6.61 Å². The molecule has 1 aliphatic rings. The Morgan fingerprint density at radius 3 is 2.44 bits per heavy atom. The average Bonchev–Trinajstić information content (AvgIpc) is 1.60. The molecule has 0 bridgehead atoms. The number of hydrogen-bond acceptors (Lipinski definition) is 1. The van der Waals surface area contributed by atoms with Crippen molar-refractivity contribution in [3.8, 4) is 0 Å². The lowest BCUT2D eigenvalue weighted by Gasteiger charge is -2.31. The van der Waals surface area contributed by atoms with Crippen molar-refractivity contribution < 1.29 is 4.43 Å². The van der Waals surface area contributed by atoms with E-state index in [0.717, 1.165) is 12.5 Å². The van der Waals surface area contributed by atoms with E-state index in [2.05, 4.69) is 20.0 Å². The first-order valence-electron chi connectivity index (χ1n) is 3.74. The number of hydrogen-bond donors (Lipinski definition) is 0. The van der Waals surface area contributed by atoms with Gasteiger partial charge in [-0.15, -0.1) is 0 Å². The minimum absolute atomic E-state index is 0.917. The van der Waals surface area contributed by atoms with Gasteiger partial charge in [-0.3, -0.25) is 0 Å². The van der Waals surface area contributed by atoms with E-state index in [0.29, 0.717) is 0 Å². The Morgan fingerprint density at radius 2 is 2.11 bits per heavy atom. The van der Waals surface area contributed by atoms with Crippen LogP contribution in [0.1, 0.15) is 13.3 Å². The fraction of sp³-hybridized carbons (Fsp3) is 1.00. The molecule has 0 aromatic heterocycles. The summed E-state index contributed by atoms with van der Waals surface area (Å²) in [6, 6.07) is 1.35. The fourth-order valence-corrected chi connectivity index (χ4v) is 4.21. The molecule has 1 fully saturated rings. The molecular weight excluding hydrogens is 128 g/mol. The Kier molecular flexibility index (Phi) is 1.96. The topological polar surface area (TPSA) is 9.23 Å². The molecule has 0 aliphatic carbocycles. The normalized spacial score (nSPS) is 34.3. The largest absolute Gasteiger partial charge is 0.417 e. The fourth-order valence-electron chi connectivity index (χ4n) is 1.54. The summed E-state index contributed by atoms with van der Waals surface area (Å²) in [5.41, 5.74) is 0. The van der Waals surface area contributed by atoms with Crippen molar-refractivity contribution in [2.45, 2.75) is 32.5 Å². The van der Waals surface area contributed by atoms with Gasteiger partial charge in [0.15, 0.2) is 8.32 Å². The molecule has 0 amide bonds. The van der Waals surface area contributed by atoms with Crippen LogP contribution in [0.3, 0.4) is 0 Å². The van der Waals surface area contributed by atoms with E-state index in [-0.39, 0.29) is 0 Å². The van der Waals surface area contributed by atoms with Gasteiger partial charge in [0.25, 0.3) is 0 Å². The molecule has 0 saturated carbocycles. The van der Waals surface area contributed by atoms with E-state index in [1.54, 1.807) is 0 Å². The molecule has 0 aromatic carbocycles. The molecule has 1 rings (SSSR count). The maximum absolute atomic E-state index is 5.67. The van der Waals surface area contributed by atoms with Gasteiger partial charge >= 0.3 is 0 Å². The standard InChI is InChI=1S/C7H16OSi/c1-7-4-5-8-9(2,3)6-7/h7H,4-6H2,1-3H3. The number of rotatable bonds is 0. The maximum Gasteiger partial charge on any atom is 0.186 e. The molecule has 1 aliphatic heterocycles. The summed E-state index contributed by atoms with van der Waals surface area (Å²) in [5.74, 6) is 0.917. The maximum atomic E-state index is 5.67. The smallest absolute Gasteiger partial charge is 0.186 e. The zero-order valence-electron chi connectivity index (χ0n) is 6.61. The van der Waals surface area contributed by atoms with Gasteiger partial charge in [-0.2, -0.15) is 0 Å². The van der Waals surface area contributed by atoms with E-state index in [9.17, 15) is 0 Å². The van der Waals surface area contributed by atoms with Crippen molar-refractivity contribution in [3.05, 3.63) is 0 Å². The Balaban J connectivity index is 2.41. The van der Waals surface area contributed by atoms with Gasteiger partial charge < -0.3 is 4.43 Å². The van der Waals surface area contributed by atoms with Gasteiger partial charge in [0.05, 0.1) is 0 Å². The zero-order valence-corrected chi connectivity index (χ0v) is 7.61. The second-order valence-electron chi connectivity index (χ2n) is 3.71. The lowest BCUT2D eigenvalue weighted by molar-refractivity contribution is 0.244. The van der Waals surface area contributed by atoms with Crippen molar-refractivity contribution >= 4 is 8.32 Å². The summed E-state index contributed by atoms with van der Waals surface area (Å²) >= 11 is 0. The van der Waals surface area contributed by atoms with E-state index in [4.69, 9.17) is 4.43 Å². The lowest BCUT2D eigenvalue weighted by atomic mass is 10.1. The molecule has 54 valence electrons. The highest BCUT2D eigenvalue weighted by atomic mass is 28.4. The molecular formula is C7H16OSi. The minimum atomic E-state index is -1.15. The van der Waals surface area contributed by atoms with E-state index < -0.39 is 8.32 Å². The van der Waals surface area contributed by atoms with Crippen LogP contribution in [0.25, 0.3) is 0 Å². The van der Waals surface area contributed by atoms with Gasteiger partial charge in [0.2, 0.25) is 0 Å². The van der Waals surface area contributed by atoms with Crippen LogP contribution < -0.4 is 0 Å². The highest BCUT2D eigenvalue weighted by Gasteiger charge is 2.28. The summed E-state index contributed by atoms with van der Waals surface area (Å²) in [7, 11) is -1.15. The van der Waals surface area contributed by atoms with Crippen LogP contribution in [0, 0.1) is 5.92 Å². The first kappa shape index (κ1) is 7.29. The van der Waals surface area contributed by atoms with Crippen molar-refractivity contribution in [2.24, 2.45) is 5.92 Å². The molecule has 1 atom stereocenters. The Hall–Kier alpha value is 0.177. The third-order valence-corrected chi connectivity index (χ3v) is 4.61. The molecule has 1 nitrogen and oxygen atoms in total. The van der Waals surface area contributed by atoms with Crippen LogP contribution in [0.2, 0.25) is 19.1 Å². The van der Waals surface area contributed by atoms with E-state index >= 15 is 0 Å². The predicted molar refractivity (Wildman–Crippen MR) is 42.0 cm³/mol. The summed E-state index contributed by atoms with van der Waals surface area (Å²) < 4.78 is 5.67. The summed E-state index contributed by atoms with van der Waals surface area (Å²) in [6.07, 6.45) is 1.27. The van der Waals surface area contributed by atoms with Crippen molar-refractivity contribution in [1.29, 1.82) is 0 Å². The SMILES string of the molecule is CC1CCO[Si](C)(C)C1. The lowest BCUT2D eigenvalue weighted by Crippen LogP contribution is -2.37. The highest BCUT2D eigenvalue weighted by Crippen LogP contribution is 2.25. The van der Waals surface area contributed by atoms with Crippen LogP contribution in [0.5, 0.6) is 0 Å². The Bertz CT molecular complexity index is 101. The van der Waals surface area contributed by atoms with Crippen molar-refractivity contribution in [1.82, 2.24) is 0 Å². The summed E-state index contributed by atoms with van der Waals surface area (Å²) in [6.45, 7) is 7.96. The van der Waals surface area contributed by atoms with Crippen LogP contribution in [0.4, 0.5) is 0 Å². The average molecular weight is 144 g/mol. The first-order valence-corrected chi connectivity index (χ1v) is 6.86.